The van der Waals surface area contributed by atoms with Gasteiger partial charge in [-0.15, -0.1) is 0 Å². The Balaban J connectivity index is 2.45. The standard InChI is InChI=1S/C13H14N2O4/c1-2-9(13(18)19)15-6-7-4-3-5-8(11(14)16)10(7)12(15)17/h3-5,9H,2,6H2,1H3,(H2,14,16)(H,18,19). The highest BCUT2D eigenvalue weighted by atomic mass is 16.4. The average Bonchev–Trinajstić information content (AvgIpc) is 2.67. The van der Waals surface area contributed by atoms with Crippen molar-refractivity contribution in [3.8, 4) is 0 Å². The van der Waals surface area contributed by atoms with E-state index in [-0.39, 0.29) is 17.7 Å². The summed E-state index contributed by atoms with van der Waals surface area (Å²) in [6, 6.07) is 3.93. The summed E-state index contributed by atoms with van der Waals surface area (Å²) in [5.41, 5.74) is 6.25. The second-order valence-corrected chi connectivity index (χ2v) is 4.40. The van der Waals surface area contributed by atoms with Crippen molar-refractivity contribution in [2.45, 2.75) is 25.9 Å². The fraction of sp³-hybridized carbons (Fsp3) is 0.308. The van der Waals surface area contributed by atoms with Gasteiger partial charge in [0.05, 0.1) is 11.1 Å². The molecule has 1 aromatic rings. The first-order valence-corrected chi connectivity index (χ1v) is 5.92. The second-order valence-electron chi connectivity index (χ2n) is 4.40. The van der Waals surface area contributed by atoms with Gasteiger partial charge in [-0.05, 0) is 18.1 Å². The van der Waals surface area contributed by atoms with Crippen molar-refractivity contribution in [2.24, 2.45) is 5.73 Å². The SMILES string of the molecule is CCC(C(=O)O)N1Cc2cccc(C(N)=O)c2C1=O. The van der Waals surface area contributed by atoms with Gasteiger partial charge in [0.15, 0.2) is 0 Å². The first kappa shape index (κ1) is 13.1. The molecule has 2 amide bonds. The Morgan fingerprint density at radius 1 is 1.47 bits per heavy atom. The molecule has 6 nitrogen and oxygen atoms in total. The van der Waals surface area contributed by atoms with Gasteiger partial charge in [-0.2, -0.15) is 0 Å². The lowest BCUT2D eigenvalue weighted by molar-refractivity contribution is -0.142. The predicted octanol–water partition coefficient (Wildman–Crippen LogP) is 0.605. The van der Waals surface area contributed by atoms with Crippen LogP contribution in [0.2, 0.25) is 0 Å². The Kier molecular flexibility index (Phi) is 3.25. The third-order valence-corrected chi connectivity index (χ3v) is 3.28. The number of carboxylic acid groups (broad SMARTS) is 1. The topological polar surface area (TPSA) is 101 Å². The van der Waals surface area contributed by atoms with Crippen LogP contribution in [0, 0.1) is 0 Å². The van der Waals surface area contributed by atoms with E-state index in [1.54, 1.807) is 19.1 Å². The Morgan fingerprint density at radius 3 is 2.68 bits per heavy atom. The molecular weight excluding hydrogens is 248 g/mol. The largest absolute Gasteiger partial charge is 0.480 e. The van der Waals surface area contributed by atoms with E-state index >= 15 is 0 Å². The molecule has 0 radical (unpaired) electrons. The molecule has 0 spiro atoms. The van der Waals surface area contributed by atoms with Gasteiger partial charge in [-0.1, -0.05) is 19.1 Å². The van der Waals surface area contributed by atoms with Crippen LogP contribution in [0.25, 0.3) is 0 Å². The van der Waals surface area contributed by atoms with Crippen LogP contribution in [-0.2, 0) is 11.3 Å². The number of carboxylic acids is 1. The van der Waals surface area contributed by atoms with E-state index in [1.807, 2.05) is 0 Å². The Morgan fingerprint density at radius 2 is 2.16 bits per heavy atom. The lowest BCUT2D eigenvalue weighted by Gasteiger charge is -2.22. The van der Waals surface area contributed by atoms with E-state index in [9.17, 15) is 14.4 Å². The molecule has 100 valence electrons. The summed E-state index contributed by atoms with van der Waals surface area (Å²) in [5.74, 6) is -2.18. The molecule has 0 aliphatic carbocycles. The minimum absolute atomic E-state index is 0.144. The maximum Gasteiger partial charge on any atom is 0.326 e. The summed E-state index contributed by atoms with van der Waals surface area (Å²) in [4.78, 5) is 36.0. The lowest BCUT2D eigenvalue weighted by atomic mass is 10.0. The number of benzene rings is 1. The smallest absolute Gasteiger partial charge is 0.326 e. The van der Waals surface area contributed by atoms with E-state index in [0.29, 0.717) is 12.0 Å². The fourth-order valence-electron chi connectivity index (χ4n) is 2.37. The zero-order chi connectivity index (χ0) is 14.2. The molecule has 1 aliphatic heterocycles. The number of aliphatic carboxylic acids is 1. The zero-order valence-corrected chi connectivity index (χ0v) is 10.4. The van der Waals surface area contributed by atoms with E-state index in [2.05, 4.69) is 0 Å². The zero-order valence-electron chi connectivity index (χ0n) is 10.4. The minimum atomic E-state index is -1.05. The van der Waals surface area contributed by atoms with Crippen molar-refractivity contribution in [3.63, 3.8) is 0 Å². The van der Waals surface area contributed by atoms with Crippen molar-refractivity contribution in [2.75, 3.05) is 0 Å². The highest BCUT2D eigenvalue weighted by Gasteiger charge is 2.37. The van der Waals surface area contributed by atoms with Crippen LogP contribution in [0.1, 0.15) is 39.6 Å². The summed E-state index contributed by atoms with van der Waals surface area (Å²) in [7, 11) is 0. The van der Waals surface area contributed by atoms with Crippen molar-refractivity contribution >= 4 is 17.8 Å². The van der Waals surface area contributed by atoms with Gasteiger partial charge in [0.1, 0.15) is 6.04 Å². The molecule has 1 aliphatic rings. The summed E-state index contributed by atoms with van der Waals surface area (Å²) in [6.45, 7) is 1.89. The highest BCUT2D eigenvalue weighted by molar-refractivity contribution is 6.09. The molecule has 6 heteroatoms. The number of fused-ring (bicyclic) bond motifs is 1. The third-order valence-electron chi connectivity index (χ3n) is 3.28. The Labute approximate surface area is 109 Å². The first-order chi connectivity index (χ1) is 8.97. The van der Waals surface area contributed by atoms with Crippen LogP contribution >= 0.6 is 0 Å². The molecule has 0 saturated heterocycles. The van der Waals surface area contributed by atoms with E-state index in [1.165, 1.54) is 11.0 Å². The molecule has 0 fully saturated rings. The Hall–Kier alpha value is -2.37. The molecule has 0 saturated carbocycles. The highest BCUT2D eigenvalue weighted by Crippen LogP contribution is 2.28. The Bertz CT molecular complexity index is 568. The van der Waals surface area contributed by atoms with Crippen LogP contribution < -0.4 is 5.73 Å². The molecular formula is C13H14N2O4. The van der Waals surface area contributed by atoms with Crippen LogP contribution in [-0.4, -0.2) is 33.8 Å². The second kappa shape index (κ2) is 4.72. The predicted molar refractivity (Wildman–Crippen MR) is 66.5 cm³/mol. The summed E-state index contributed by atoms with van der Waals surface area (Å²) >= 11 is 0. The number of nitrogens with two attached hydrogens (primary N) is 1. The number of amides is 2. The van der Waals surface area contributed by atoms with E-state index < -0.39 is 23.8 Å². The van der Waals surface area contributed by atoms with Crippen molar-refractivity contribution in [3.05, 3.63) is 34.9 Å². The van der Waals surface area contributed by atoms with Gasteiger partial charge in [0, 0.05) is 6.54 Å². The van der Waals surface area contributed by atoms with E-state index in [0.717, 1.165) is 0 Å². The molecule has 1 atom stereocenters. The maximum atomic E-state index is 12.3. The minimum Gasteiger partial charge on any atom is -0.480 e. The number of hydrogen-bond acceptors (Lipinski definition) is 3. The molecule has 0 aromatic heterocycles. The molecule has 1 aromatic carbocycles. The monoisotopic (exact) mass is 262 g/mol. The van der Waals surface area contributed by atoms with Gasteiger partial charge < -0.3 is 15.7 Å². The van der Waals surface area contributed by atoms with Crippen molar-refractivity contribution in [1.82, 2.24) is 4.90 Å². The first-order valence-electron chi connectivity index (χ1n) is 5.92. The number of nitrogens with zero attached hydrogens (tertiary/aromatic N) is 1. The summed E-state index contributed by atoms with van der Waals surface area (Å²) in [6.07, 6.45) is 0.307. The normalized spacial score (nSPS) is 15.2. The van der Waals surface area contributed by atoms with Crippen LogP contribution in [0.3, 0.4) is 0 Å². The molecule has 19 heavy (non-hydrogen) atoms. The number of carbonyl (C=O) groups is 3. The summed E-state index contributed by atoms with van der Waals surface area (Å²) in [5, 5.41) is 9.12. The van der Waals surface area contributed by atoms with Gasteiger partial charge in [-0.3, -0.25) is 9.59 Å². The number of primary amides is 1. The van der Waals surface area contributed by atoms with Gasteiger partial charge in [0.2, 0.25) is 5.91 Å². The van der Waals surface area contributed by atoms with Crippen molar-refractivity contribution < 1.29 is 19.5 Å². The summed E-state index contributed by atoms with van der Waals surface area (Å²) < 4.78 is 0. The van der Waals surface area contributed by atoms with Gasteiger partial charge >= 0.3 is 5.97 Å². The quantitative estimate of drug-likeness (QED) is 0.829. The number of rotatable bonds is 4. The van der Waals surface area contributed by atoms with Gasteiger partial charge in [0.25, 0.3) is 5.91 Å². The molecule has 0 bridgehead atoms. The van der Waals surface area contributed by atoms with E-state index in [4.69, 9.17) is 10.8 Å². The molecule has 3 N–H and O–H groups in total. The number of hydrogen-bond donors (Lipinski definition) is 2. The lowest BCUT2D eigenvalue weighted by Crippen LogP contribution is -2.41. The number of carbonyl (C=O) groups excluding carboxylic acids is 2. The molecule has 2 rings (SSSR count). The molecule has 1 heterocycles. The van der Waals surface area contributed by atoms with Crippen LogP contribution in [0.15, 0.2) is 18.2 Å². The van der Waals surface area contributed by atoms with Gasteiger partial charge in [-0.25, -0.2) is 4.79 Å². The van der Waals surface area contributed by atoms with Crippen LogP contribution in [0.5, 0.6) is 0 Å². The third kappa shape index (κ3) is 2.05. The van der Waals surface area contributed by atoms with Crippen molar-refractivity contribution in [1.29, 1.82) is 0 Å². The molecule has 1 unspecified atom stereocenters. The maximum absolute atomic E-state index is 12.3. The fourth-order valence-corrected chi connectivity index (χ4v) is 2.37. The average molecular weight is 262 g/mol. The van der Waals surface area contributed by atoms with Crippen LogP contribution in [0.4, 0.5) is 0 Å².